The number of nitrogens with two attached hydrogens (primary N) is 1. The Morgan fingerprint density at radius 2 is 1.79 bits per heavy atom. The molecule has 2 heterocycles. The van der Waals surface area contributed by atoms with E-state index in [9.17, 15) is 0 Å². The van der Waals surface area contributed by atoms with Gasteiger partial charge in [0.1, 0.15) is 23.9 Å². The van der Waals surface area contributed by atoms with Gasteiger partial charge in [0.2, 0.25) is 0 Å². The van der Waals surface area contributed by atoms with E-state index in [4.69, 9.17) is 20.2 Å². The van der Waals surface area contributed by atoms with Gasteiger partial charge >= 0.3 is 0 Å². The lowest BCUT2D eigenvalue weighted by molar-refractivity contribution is 0.306. The summed E-state index contributed by atoms with van der Waals surface area (Å²) in [4.78, 5) is 7.62. The van der Waals surface area contributed by atoms with Gasteiger partial charge in [-0.3, -0.25) is 0 Å². The molecule has 39 heavy (non-hydrogen) atoms. The molecule has 6 heteroatoms. The van der Waals surface area contributed by atoms with Gasteiger partial charge in [-0.15, -0.1) is 0 Å². The van der Waals surface area contributed by atoms with E-state index in [2.05, 4.69) is 72.1 Å². The lowest BCUT2D eigenvalue weighted by Gasteiger charge is -2.31. The molecule has 2 aromatic heterocycles. The molecule has 0 unspecified atom stereocenters. The van der Waals surface area contributed by atoms with E-state index in [1.807, 2.05) is 30.3 Å². The van der Waals surface area contributed by atoms with Crippen LogP contribution in [0.3, 0.4) is 0 Å². The lowest BCUT2D eigenvalue weighted by atomic mass is 10.1. The van der Waals surface area contributed by atoms with E-state index in [-0.39, 0.29) is 6.04 Å². The van der Waals surface area contributed by atoms with Gasteiger partial charge in [-0.2, -0.15) is 0 Å². The van der Waals surface area contributed by atoms with Gasteiger partial charge in [0.05, 0.1) is 12.6 Å². The monoisotopic (exact) mass is 520 g/mol. The Morgan fingerprint density at radius 3 is 2.56 bits per heavy atom. The topological polar surface area (TPSA) is 65.5 Å². The van der Waals surface area contributed by atoms with Crippen LogP contribution in [0.5, 0.6) is 11.5 Å². The molecule has 0 bridgehead atoms. The Kier molecular flexibility index (Phi) is 6.88. The average molecular weight is 521 g/mol. The minimum absolute atomic E-state index is 0.227. The molecule has 2 atom stereocenters. The van der Waals surface area contributed by atoms with Crippen LogP contribution >= 0.6 is 0 Å². The molecule has 1 aliphatic carbocycles. The number of fused-ring (bicyclic) bond motifs is 2. The molecule has 1 aliphatic rings. The number of nitrogens with zero attached hydrogens (tertiary/aromatic N) is 3. The van der Waals surface area contributed by atoms with Gasteiger partial charge in [0.25, 0.3) is 0 Å². The van der Waals surface area contributed by atoms with Crippen molar-refractivity contribution in [1.82, 2.24) is 9.55 Å². The average Bonchev–Trinajstić information content (AvgIpc) is 3.52. The Morgan fingerprint density at radius 1 is 0.974 bits per heavy atom. The fourth-order valence-corrected chi connectivity index (χ4v) is 5.90. The minimum atomic E-state index is 0.227. The fraction of sp³-hybridized carbons (Fsp3) is 0.303. The Hall–Kier alpha value is -4.03. The molecule has 3 aromatic carbocycles. The second kappa shape index (κ2) is 10.6. The van der Waals surface area contributed by atoms with E-state index in [1.54, 1.807) is 7.11 Å². The number of methoxy groups -OCH3 is 1. The number of hydrogen-bond donors (Lipinski definition) is 1. The fourth-order valence-electron chi connectivity index (χ4n) is 5.90. The van der Waals surface area contributed by atoms with Gasteiger partial charge in [-0.25, -0.2) is 4.98 Å². The van der Waals surface area contributed by atoms with Gasteiger partial charge in [0, 0.05) is 54.2 Å². The number of aryl methyl sites for hydroxylation is 2. The molecule has 0 amide bonds. The van der Waals surface area contributed by atoms with Crippen LogP contribution in [0.25, 0.3) is 21.8 Å². The quantitative estimate of drug-likeness (QED) is 0.253. The van der Waals surface area contributed by atoms with Crippen molar-refractivity contribution < 1.29 is 9.47 Å². The summed E-state index contributed by atoms with van der Waals surface area (Å²) in [7, 11) is 3.80. The molecule has 0 radical (unpaired) electrons. The van der Waals surface area contributed by atoms with Crippen LogP contribution < -0.4 is 20.1 Å². The highest BCUT2D eigenvalue weighted by Gasteiger charge is 2.29. The zero-order valence-corrected chi connectivity index (χ0v) is 22.9. The highest BCUT2D eigenvalue weighted by Crippen LogP contribution is 2.34. The molecular formula is C33H36N4O2. The largest absolute Gasteiger partial charge is 0.497 e. The Balaban J connectivity index is 1.37. The molecule has 1 fully saturated rings. The number of anilines is 1. The van der Waals surface area contributed by atoms with Crippen molar-refractivity contribution in [3.05, 3.63) is 95.7 Å². The zero-order chi connectivity index (χ0) is 26.9. The molecule has 6 rings (SSSR count). The first-order valence-corrected chi connectivity index (χ1v) is 13.7. The van der Waals surface area contributed by atoms with E-state index in [0.717, 1.165) is 59.6 Å². The molecule has 0 aliphatic heterocycles. The van der Waals surface area contributed by atoms with E-state index < -0.39 is 0 Å². The van der Waals surface area contributed by atoms with Crippen LogP contribution in [-0.4, -0.2) is 28.7 Å². The summed E-state index contributed by atoms with van der Waals surface area (Å²) >= 11 is 0. The highest BCUT2D eigenvalue weighted by molar-refractivity contribution is 5.87. The summed E-state index contributed by atoms with van der Waals surface area (Å²) in [6.07, 6.45) is 5.31. The first-order chi connectivity index (χ1) is 19.0. The predicted octanol–water partition coefficient (Wildman–Crippen LogP) is 6.51. The van der Waals surface area contributed by atoms with Crippen molar-refractivity contribution in [3.8, 4) is 11.5 Å². The maximum Gasteiger partial charge on any atom is 0.130 e. The summed E-state index contributed by atoms with van der Waals surface area (Å²) < 4.78 is 13.9. The summed E-state index contributed by atoms with van der Waals surface area (Å²) in [5.74, 6) is 2.68. The summed E-state index contributed by atoms with van der Waals surface area (Å²) in [6, 6.07) is 25.6. The van der Waals surface area contributed by atoms with Crippen LogP contribution in [0, 0.1) is 6.92 Å². The molecule has 200 valence electrons. The first-order valence-electron chi connectivity index (χ1n) is 13.7. The second-order valence-corrected chi connectivity index (χ2v) is 10.8. The standard InChI is InChI=1S/C33H36N4O2/c1-22-15-33(35-31-18-27(38-3)11-13-29(22)31)37(26-10-9-25(34)16-26)20-24-19-36(2)32-14-12-28(17-30(24)32)39-21-23-7-5-4-6-8-23/h4-8,11-15,17-19,25-26H,9-10,16,20-21,34H2,1-3H3/t25-,26-/m0/s1. The van der Waals surface area contributed by atoms with Gasteiger partial charge in [0.15, 0.2) is 0 Å². The smallest absolute Gasteiger partial charge is 0.130 e. The molecule has 1 saturated carbocycles. The number of ether oxygens (including phenoxy) is 2. The van der Waals surface area contributed by atoms with Crippen LogP contribution in [0.4, 0.5) is 5.82 Å². The third-order valence-corrected chi connectivity index (χ3v) is 8.02. The molecule has 5 aromatic rings. The van der Waals surface area contributed by atoms with Crippen LogP contribution in [0.1, 0.15) is 36.0 Å². The van der Waals surface area contributed by atoms with E-state index in [1.165, 1.54) is 22.0 Å². The lowest BCUT2D eigenvalue weighted by Crippen LogP contribution is -2.35. The number of pyridine rings is 1. The number of benzene rings is 3. The van der Waals surface area contributed by atoms with Gasteiger partial charge in [-0.05, 0) is 79.3 Å². The van der Waals surface area contributed by atoms with Gasteiger partial charge in [-0.1, -0.05) is 30.3 Å². The molecule has 6 nitrogen and oxygen atoms in total. The first kappa shape index (κ1) is 25.3. The molecular weight excluding hydrogens is 484 g/mol. The van der Waals surface area contributed by atoms with Crippen LogP contribution in [-0.2, 0) is 20.2 Å². The van der Waals surface area contributed by atoms with Crippen molar-refractivity contribution in [2.24, 2.45) is 12.8 Å². The number of hydrogen-bond acceptors (Lipinski definition) is 5. The van der Waals surface area contributed by atoms with Crippen molar-refractivity contribution in [2.45, 2.75) is 51.4 Å². The molecule has 0 spiro atoms. The van der Waals surface area contributed by atoms with Crippen LogP contribution in [0.2, 0.25) is 0 Å². The molecule has 0 saturated heterocycles. The van der Waals surface area contributed by atoms with Gasteiger partial charge < -0.3 is 24.7 Å². The highest BCUT2D eigenvalue weighted by atomic mass is 16.5. The predicted molar refractivity (Wildman–Crippen MR) is 159 cm³/mol. The van der Waals surface area contributed by atoms with Crippen molar-refractivity contribution in [2.75, 3.05) is 12.0 Å². The van der Waals surface area contributed by atoms with Crippen molar-refractivity contribution in [3.63, 3.8) is 0 Å². The Bertz CT molecular complexity index is 1610. The minimum Gasteiger partial charge on any atom is -0.497 e. The maximum absolute atomic E-state index is 6.40. The normalized spacial score (nSPS) is 17.1. The summed E-state index contributed by atoms with van der Waals surface area (Å²) in [5.41, 5.74) is 12.2. The third kappa shape index (κ3) is 5.17. The summed E-state index contributed by atoms with van der Waals surface area (Å²) in [5, 5.41) is 2.35. The summed E-state index contributed by atoms with van der Waals surface area (Å²) in [6.45, 7) is 3.45. The van der Waals surface area contributed by atoms with Crippen molar-refractivity contribution in [1.29, 1.82) is 0 Å². The SMILES string of the molecule is COc1ccc2c(C)cc(N(Cc3cn(C)c4ccc(OCc5ccccc5)cc34)[C@H]3CC[C@H](N)C3)nc2c1. The van der Waals surface area contributed by atoms with Crippen molar-refractivity contribution >= 4 is 27.6 Å². The Labute approximate surface area is 230 Å². The zero-order valence-electron chi connectivity index (χ0n) is 22.9. The molecule has 2 N–H and O–H groups in total. The third-order valence-electron chi connectivity index (χ3n) is 8.02. The number of rotatable bonds is 8. The van der Waals surface area contributed by atoms with E-state index in [0.29, 0.717) is 12.6 Å². The van der Waals surface area contributed by atoms with Crippen LogP contribution in [0.15, 0.2) is 79.0 Å². The van der Waals surface area contributed by atoms with E-state index >= 15 is 0 Å². The second-order valence-electron chi connectivity index (χ2n) is 10.8. The number of aromatic nitrogens is 2. The maximum atomic E-state index is 6.40.